The molecule has 0 spiro atoms. The Morgan fingerprint density at radius 1 is 0.613 bits per heavy atom. The van der Waals surface area contributed by atoms with Gasteiger partial charge in [-0.1, -0.05) is 12.8 Å². The second kappa shape index (κ2) is 12.7. The van der Waals surface area contributed by atoms with Crippen molar-refractivity contribution in [2.45, 2.75) is 51.4 Å². The topological polar surface area (TPSA) is 133 Å². The Bertz CT molecular complexity index is 695. The van der Waals surface area contributed by atoms with Crippen molar-refractivity contribution in [2.24, 2.45) is 0 Å². The van der Waals surface area contributed by atoms with Gasteiger partial charge in [-0.2, -0.15) is 0 Å². The summed E-state index contributed by atoms with van der Waals surface area (Å²) in [5.74, 6) is -1.64. The van der Waals surface area contributed by atoms with Crippen LogP contribution in [0.5, 0.6) is 0 Å². The lowest BCUT2D eigenvalue weighted by Gasteiger charge is -2.13. The molecule has 10 nitrogen and oxygen atoms in total. The molecule has 2 N–H and O–H groups in total. The lowest BCUT2D eigenvalue weighted by atomic mass is 10.2. The van der Waals surface area contributed by atoms with Crippen LogP contribution in [0.4, 0.5) is 0 Å². The summed E-state index contributed by atoms with van der Waals surface area (Å²) in [6.45, 7) is 0.692. The minimum absolute atomic E-state index is 0.214. The molecular weight excluding hydrogens is 424 g/mol. The first kappa shape index (κ1) is 24.3. The van der Waals surface area contributed by atoms with Gasteiger partial charge < -0.3 is 0 Å². The van der Waals surface area contributed by atoms with Crippen molar-refractivity contribution < 1.29 is 28.8 Å². The molecule has 0 unspecified atom stereocenters. The van der Waals surface area contributed by atoms with Crippen molar-refractivity contribution in [2.75, 3.05) is 13.1 Å². The van der Waals surface area contributed by atoms with Gasteiger partial charge in [-0.05, 0) is 25.7 Å². The van der Waals surface area contributed by atoms with E-state index in [1.165, 1.54) is 34.1 Å². The van der Waals surface area contributed by atoms with E-state index in [1.54, 1.807) is 0 Å². The average Bonchev–Trinajstić information content (AvgIpc) is 3.22. The summed E-state index contributed by atoms with van der Waals surface area (Å²) in [4.78, 5) is 71.4. The Labute approximate surface area is 184 Å². The summed E-state index contributed by atoms with van der Waals surface area (Å²) in [6.07, 6.45) is 9.45. The van der Waals surface area contributed by atoms with Crippen LogP contribution in [-0.2, 0) is 28.8 Å². The van der Waals surface area contributed by atoms with E-state index >= 15 is 0 Å². The number of amides is 6. The molecule has 0 fully saturated rings. The number of carbonyl (C=O) groups excluding carboxylic acids is 6. The Hall–Kier alpha value is -2.95. The highest BCUT2D eigenvalue weighted by atomic mass is 32.2. The van der Waals surface area contributed by atoms with Crippen LogP contribution in [-0.4, -0.2) is 58.3 Å². The van der Waals surface area contributed by atoms with Crippen LogP contribution in [0.25, 0.3) is 0 Å². The third-order valence-corrected chi connectivity index (χ3v) is 5.36. The van der Waals surface area contributed by atoms with Crippen LogP contribution in [0.15, 0.2) is 24.3 Å². The highest BCUT2D eigenvalue weighted by molar-refractivity contribution is 7.96. The zero-order chi connectivity index (χ0) is 22.6. The van der Waals surface area contributed by atoms with E-state index in [0.717, 1.165) is 12.1 Å². The van der Waals surface area contributed by atoms with E-state index in [2.05, 4.69) is 9.44 Å². The SMILES string of the molecule is O=C(CCCCCN1C(=O)C=CC1=O)NSNC(=O)CCCCCN1C(=O)C=CC1=O. The summed E-state index contributed by atoms with van der Waals surface area (Å²) >= 11 is 0.828. The molecule has 0 bridgehead atoms. The first-order valence-corrected chi connectivity index (χ1v) is 11.0. The standard InChI is InChI=1S/C20H26N4O6S/c25-15(7-3-1-5-13-23-17(27)9-10-18(23)28)21-31-22-16(26)8-4-2-6-14-24-19(29)11-12-20(24)30/h9-12H,1-8,13-14H2,(H,21,25)(H,22,26). The molecule has 2 heterocycles. The van der Waals surface area contributed by atoms with Crippen molar-refractivity contribution in [1.82, 2.24) is 19.2 Å². The molecule has 6 amide bonds. The molecule has 0 saturated carbocycles. The van der Waals surface area contributed by atoms with E-state index in [0.29, 0.717) is 51.6 Å². The van der Waals surface area contributed by atoms with E-state index < -0.39 is 0 Å². The van der Waals surface area contributed by atoms with Crippen molar-refractivity contribution in [3.05, 3.63) is 24.3 Å². The predicted molar refractivity (Wildman–Crippen MR) is 113 cm³/mol. The number of unbranched alkanes of at least 4 members (excludes halogenated alkanes) is 4. The molecule has 2 aliphatic rings. The first-order valence-electron chi connectivity index (χ1n) is 10.2. The Balaban J connectivity index is 1.41. The average molecular weight is 451 g/mol. The minimum Gasteiger partial charge on any atom is -0.282 e. The summed E-state index contributed by atoms with van der Waals surface area (Å²) in [7, 11) is 0. The van der Waals surface area contributed by atoms with Gasteiger partial charge in [-0.15, -0.1) is 0 Å². The maximum Gasteiger partial charge on any atom is 0.253 e. The minimum atomic E-state index is -0.302. The second-order valence-corrected chi connectivity index (χ2v) is 7.71. The molecule has 0 aromatic heterocycles. The molecular formula is C20H26N4O6S. The molecule has 11 heteroatoms. The van der Waals surface area contributed by atoms with Gasteiger partial charge in [0.2, 0.25) is 11.8 Å². The maximum absolute atomic E-state index is 11.7. The van der Waals surface area contributed by atoms with Crippen molar-refractivity contribution >= 4 is 47.6 Å². The number of hydrogen-bond donors (Lipinski definition) is 2. The Morgan fingerprint density at radius 2 is 0.968 bits per heavy atom. The molecule has 0 radical (unpaired) electrons. The summed E-state index contributed by atoms with van der Waals surface area (Å²) in [5, 5.41) is 0. The van der Waals surface area contributed by atoms with Gasteiger partial charge in [-0.3, -0.25) is 48.0 Å². The van der Waals surface area contributed by atoms with E-state index in [4.69, 9.17) is 0 Å². The van der Waals surface area contributed by atoms with Gasteiger partial charge in [0.05, 0.1) is 12.1 Å². The first-order chi connectivity index (χ1) is 14.9. The largest absolute Gasteiger partial charge is 0.282 e. The normalized spacial score (nSPS) is 15.4. The van der Waals surface area contributed by atoms with E-state index in [-0.39, 0.29) is 48.3 Å². The molecule has 0 aromatic rings. The smallest absolute Gasteiger partial charge is 0.253 e. The lowest BCUT2D eigenvalue weighted by Crippen LogP contribution is -2.30. The fourth-order valence-electron chi connectivity index (χ4n) is 3.01. The van der Waals surface area contributed by atoms with Crippen LogP contribution in [0.2, 0.25) is 0 Å². The number of carbonyl (C=O) groups is 6. The Kier molecular flexibility index (Phi) is 9.95. The van der Waals surface area contributed by atoms with Gasteiger partial charge in [0.25, 0.3) is 23.6 Å². The van der Waals surface area contributed by atoms with Crippen LogP contribution >= 0.6 is 12.1 Å². The number of rotatable bonds is 14. The lowest BCUT2D eigenvalue weighted by molar-refractivity contribution is -0.138. The number of nitrogens with one attached hydrogen (secondary N) is 2. The molecule has 2 aliphatic heterocycles. The zero-order valence-corrected chi connectivity index (χ0v) is 17.9. The molecule has 0 saturated heterocycles. The molecule has 0 aliphatic carbocycles. The van der Waals surface area contributed by atoms with Gasteiger partial charge in [0.1, 0.15) is 0 Å². The monoisotopic (exact) mass is 450 g/mol. The van der Waals surface area contributed by atoms with Crippen LogP contribution in [0.3, 0.4) is 0 Å². The predicted octanol–water partition coefficient (Wildman–Crippen LogP) is 0.753. The third-order valence-electron chi connectivity index (χ3n) is 4.70. The summed E-state index contributed by atoms with van der Waals surface area (Å²) in [6, 6.07) is 0. The quantitative estimate of drug-likeness (QED) is 0.227. The highest BCUT2D eigenvalue weighted by Crippen LogP contribution is 2.09. The number of imide groups is 2. The second-order valence-electron chi connectivity index (χ2n) is 7.10. The van der Waals surface area contributed by atoms with Gasteiger partial charge in [-0.25, -0.2) is 0 Å². The van der Waals surface area contributed by atoms with Gasteiger partial charge in [0.15, 0.2) is 0 Å². The number of hydrogen-bond acceptors (Lipinski definition) is 7. The maximum atomic E-state index is 11.7. The number of nitrogens with zero attached hydrogens (tertiary/aromatic N) is 2. The summed E-state index contributed by atoms with van der Waals surface area (Å²) < 4.78 is 5.07. The highest BCUT2D eigenvalue weighted by Gasteiger charge is 2.23. The molecule has 168 valence electrons. The van der Waals surface area contributed by atoms with E-state index in [1.807, 2.05) is 0 Å². The Morgan fingerprint density at radius 3 is 1.32 bits per heavy atom. The van der Waals surface area contributed by atoms with Crippen LogP contribution in [0, 0.1) is 0 Å². The van der Waals surface area contributed by atoms with Gasteiger partial charge in [0, 0.05) is 50.2 Å². The van der Waals surface area contributed by atoms with Crippen molar-refractivity contribution in [3.8, 4) is 0 Å². The third kappa shape index (κ3) is 8.36. The molecule has 2 rings (SSSR count). The molecule has 0 aromatic carbocycles. The fourth-order valence-corrected chi connectivity index (χ4v) is 3.49. The molecule has 0 atom stereocenters. The van der Waals surface area contributed by atoms with Crippen LogP contribution in [0.1, 0.15) is 51.4 Å². The van der Waals surface area contributed by atoms with Gasteiger partial charge >= 0.3 is 0 Å². The van der Waals surface area contributed by atoms with Crippen molar-refractivity contribution in [3.63, 3.8) is 0 Å². The fraction of sp³-hybridized carbons (Fsp3) is 0.500. The zero-order valence-electron chi connectivity index (χ0n) is 17.1. The van der Waals surface area contributed by atoms with Crippen LogP contribution < -0.4 is 9.44 Å². The molecule has 31 heavy (non-hydrogen) atoms. The summed E-state index contributed by atoms with van der Waals surface area (Å²) in [5.41, 5.74) is 0. The van der Waals surface area contributed by atoms with E-state index in [9.17, 15) is 28.8 Å². The van der Waals surface area contributed by atoms with Crippen molar-refractivity contribution in [1.29, 1.82) is 0 Å².